The highest BCUT2D eigenvalue weighted by Crippen LogP contribution is 2.54. The van der Waals surface area contributed by atoms with E-state index in [0.29, 0.717) is 5.75 Å². The third-order valence-electron chi connectivity index (χ3n) is 5.40. The van der Waals surface area contributed by atoms with E-state index >= 15 is 0 Å². The molecule has 3 rings (SSSR count). The van der Waals surface area contributed by atoms with Gasteiger partial charge >= 0.3 is 7.32 Å². The van der Waals surface area contributed by atoms with Gasteiger partial charge in [0.05, 0.1) is 0 Å². The first-order valence-corrected chi connectivity index (χ1v) is 9.39. The monoisotopic (exact) mass is 338 g/mol. The Morgan fingerprint density at radius 2 is 1.52 bits per heavy atom. The molecule has 4 heteroatoms. The van der Waals surface area contributed by atoms with Crippen LogP contribution in [0.5, 0.6) is 5.75 Å². The summed E-state index contributed by atoms with van der Waals surface area (Å²) in [7, 11) is -1.79. The van der Waals surface area contributed by atoms with Crippen molar-refractivity contribution in [3.05, 3.63) is 53.6 Å². The fourth-order valence-corrected chi connectivity index (χ4v) is 4.25. The van der Waals surface area contributed by atoms with Crippen LogP contribution in [0.4, 0.5) is 0 Å². The van der Waals surface area contributed by atoms with Gasteiger partial charge < -0.3 is 14.7 Å². The molecule has 0 saturated carbocycles. The van der Waals surface area contributed by atoms with Gasteiger partial charge in [-0.25, -0.2) is 0 Å². The van der Waals surface area contributed by atoms with Crippen LogP contribution in [-0.2, 0) is 5.41 Å². The Morgan fingerprint density at radius 3 is 2.16 bits per heavy atom. The van der Waals surface area contributed by atoms with Crippen LogP contribution in [0.1, 0.15) is 63.5 Å². The lowest BCUT2D eigenvalue weighted by atomic mass is 9.71. The summed E-state index contributed by atoms with van der Waals surface area (Å²) in [5.41, 5.74) is 5.24. The highest BCUT2D eigenvalue weighted by atomic mass is 16.6. The Hall–Kier alpha value is -1.78. The van der Waals surface area contributed by atoms with Gasteiger partial charge in [-0.15, -0.1) is 0 Å². The summed E-state index contributed by atoms with van der Waals surface area (Å²) in [5.74, 6) is 0.513. The molecule has 0 unspecified atom stereocenters. The van der Waals surface area contributed by atoms with Crippen LogP contribution < -0.4 is 4.65 Å². The lowest BCUT2D eigenvalue weighted by Gasteiger charge is -2.32. The zero-order valence-electron chi connectivity index (χ0n) is 15.2. The lowest BCUT2D eigenvalue weighted by Crippen LogP contribution is -2.26. The summed E-state index contributed by atoms with van der Waals surface area (Å²) in [6.45, 7) is 4.47. The molecule has 0 fully saturated rings. The molecule has 25 heavy (non-hydrogen) atoms. The minimum Gasteiger partial charge on any atom is -0.512 e. The van der Waals surface area contributed by atoms with Crippen molar-refractivity contribution in [2.45, 2.75) is 57.8 Å². The molecule has 0 radical (unpaired) electrons. The Balaban J connectivity index is 2.15. The van der Waals surface area contributed by atoms with E-state index in [2.05, 4.69) is 44.2 Å². The van der Waals surface area contributed by atoms with Crippen LogP contribution in [0.25, 0.3) is 11.1 Å². The minimum absolute atomic E-state index is 0.00226. The fourth-order valence-electron chi connectivity index (χ4n) is 4.25. The molecule has 0 aromatic heterocycles. The number of hydrogen-bond donors (Lipinski definition) is 2. The van der Waals surface area contributed by atoms with Crippen molar-refractivity contribution in [2.75, 3.05) is 0 Å². The summed E-state index contributed by atoms with van der Waals surface area (Å²) in [6.07, 6.45) is 6.89. The molecule has 0 saturated heterocycles. The molecular weight excluding hydrogens is 311 g/mol. The van der Waals surface area contributed by atoms with Crippen molar-refractivity contribution < 1.29 is 14.7 Å². The molecule has 0 atom stereocenters. The first-order chi connectivity index (χ1) is 12.1. The van der Waals surface area contributed by atoms with Gasteiger partial charge in [0.15, 0.2) is 0 Å². The SMILES string of the molecule is CCCCC1(CCCC)c2ccccc2-c2ccc(OB(O)O)cc21. The number of unbranched alkanes of at least 4 members (excludes halogenated alkanes) is 2. The molecule has 0 aliphatic heterocycles. The van der Waals surface area contributed by atoms with Gasteiger partial charge in [-0.3, -0.25) is 0 Å². The molecule has 0 amide bonds. The second kappa shape index (κ2) is 7.63. The van der Waals surface area contributed by atoms with E-state index in [1.54, 1.807) is 0 Å². The average molecular weight is 338 g/mol. The van der Waals surface area contributed by atoms with E-state index < -0.39 is 7.32 Å². The number of rotatable bonds is 8. The van der Waals surface area contributed by atoms with Crippen LogP contribution >= 0.6 is 0 Å². The van der Waals surface area contributed by atoms with Gasteiger partial charge in [-0.2, -0.15) is 0 Å². The van der Waals surface area contributed by atoms with Crippen molar-refractivity contribution >= 4 is 7.32 Å². The standard InChI is InChI=1S/C21H27BO3/c1-3-5-13-21(14-6-4-2)19-10-8-7-9-17(19)18-12-11-16(15-20(18)21)25-22(23)24/h7-12,15,23-24H,3-6,13-14H2,1-2H3. The Labute approximate surface area is 150 Å². The summed E-state index contributed by atoms with van der Waals surface area (Å²) in [4.78, 5) is 0. The molecule has 2 aromatic rings. The minimum atomic E-state index is -1.79. The van der Waals surface area contributed by atoms with Crippen LogP contribution in [0.15, 0.2) is 42.5 Å². The van der Waals surface area contributed by atoms with E-state index in [-0.39, 0.29) is 5.41 Å². The predicted molar refractivity (Wildman–Crippen MR) is 103 cm³/mol. The maximum atomic E-state index is 9.17. The zero-order chi connectivity index (χ0) is 17.9. The first-order valence-electron chi connectivity index (χ1n) is 9.39. The van der Waals surface area contributed by atoms with Crippen LogP contribution in [-0.4, -0.2) is 17.4 Å². The van der Waals surface area contributed by atoms with Crippen LogP contribution in [0, 0.1) is 0 Å². The third kappa shape index (κ3) is 3.33. The second-order valence-corrected chi connectivity index (χ2v) is 6.99. The highest BCUT2D eigenvalue weighted by Gasteiger charge is 2.42. The Morgan fingerprint density at radius 1 is 0.880 bits per heavy atom. The Bertz CT molecular complexity index is 719. The predicted octanol–water partition coefficient (Wildman–Crippen LogP) is 4.68. The molecule has 2 aromatic carbocycles. The first kappa shape index (κ1) is 18.0. The summed E-state index contributed by atoms with van der Waals surface area (Å²) in [5, 5.41) is 18.3. The maximum Gasteiger partial charge on any atom is 0.707 e. The summed E-state index contributed by atoms with van der Waals surface area (Å²) in [6, 6.07) is 14.6. The molecule has 1 aliphatic rings. The number of benzene rings is 2. The van der Waals surface area contributed by atoms with E-state index in [9.17, 15) is 10.0 Å². The van der Waals surface area contributed by atoms with Crippen molar-refractivity contribution in [1.29, 1.82) is 0 Å². The van der Waals surface area contributed by atoms with Gasteiger partial charge in [-0.1, -0.05) is 69.9 Å². The van der Waals surface area contributed by atoms with Crippen molar-refractivity contribution in [3.63, 3.8) is 0 Å². The van der Waals surface area contributed by atoms with E-state index in [1.807, 2.05) is 12.1 Å². The van der Waals surface area contributed by atoms with Gasteiger partial charge in [0.25, 0.3) is 0 Å². The highest BCUT2D eigenvalue weighted by molar-refractivity contribution is 6.33. The van der Waals surface area contributed by atoms with Crippen LogP contribution in [0.3, 0.4) is 0 Å². The summed E-state index contributed by atoms with van der Waals surface area (Å²) >= 11 is 0. The van der Waals surface area contributed by atoms with E-state index in [1.165, 1.54) is 35.1 Å². The molecular formula is C21H27BO3. The van der Waals surface area contributed by atoms with Crippen molar-refractivity contribution in [3.8, 4) is 16.9 Å². The van der Waals surface area contributed by atoms with Crippen molar-refractivity contribution in [1.82, 2.24) is 0 Å². The van der Waals surface area contributed by atoms with Gasteiger partial charge in [0.2, 0.25) is 0 Å². The topological polar surface area (TPSA) is 49.7 Å². The lowest BCUT2D eigenvalue weighted by molar-refractivity contribution is 0.287. The second-order valence-electron chi connectivity index (χ2n) is 6.99. The normalized spacial score (nSPS) is 14.1. The molecule has 2 N–H and O–H groups in total. The average Bonchev–Trinajstić information content (AvgIpc) is 2.88. The summed E-state index contributed by atoms with van der Waals surface area (Å²) < 4.78 is 5.15. The van der Waals surface area contributed by atoms with Gasteiger partial charge in [0.1, 0.15) is 5.75 Å². The zero-order valence-corrected chi connectivity index (χ0v) is 15.2. The molecule has 0 heterocycles. The molecule has 132 valence electrons. The third-order valence-corrected chi connectivity index (χ3v) is 5.40. The van der Waals surface area contributed by atoms with E-state index in [0.717, 1.165) is 25.7 Å². The Kier molecular flexibility index (Phi) is 5.50. The quantitative estimate of drug-likeness (QED) is 0.687. The largest absolute Gasteiger partial charge is 0.707 e. The molecule has 0 bridgehead atoms. The van der Waals surface area contributed by atoms with Crippen molar-refractivity contribution in [2.24, 2.45) is 0 Å². The smallest absolute Gasteiger partial charge is 0.512 e. The van der Waals surface area contributed by atoms with Crippen LogP contribution in [0.2, 0.25) is 0 Å². The maximum absolute atomic E-state index is 9.17. The van der Waals surface area contributed by atoms with E-state index in [4.69, 9.17) is 4.65 Å². The molecule has 0 spiro atoms. The number of hydrogen-bond acceptors (Lipinski definition) is 3. The fraction of sp³-hybridized carbons (Fsp3) is 0.429. The van der Waals surface area contributed by atoms with Gasteiger partial charge in [-0.05, 0) is 47.2 Å². The molecule has 3 nitrogen and oxygen atoms in total. The van der Waals surface area contributed by atoms with Gasteiger partial charge in [0, 0.05) is 5.41 Å². The number of fused-ring (bicyclic) bond motifs is 3. The molecule has 1 aliphatic carbocycles.